The maximum Gasteiger partial charge on any atom is 0.391 e. The van der Waals surface area contributed by atoms with Crippen molar-refractivity contribution in [3.8, 4) is 0 Å². The Morgan fingerprint density at radius 1 is 1.45 bits per heavy atom. The number of aliphatic hydroxyl groups is 1. The van der Waals surface area contributed by atoms with Crippen LogP contribution in [0.2, 0.25) is 0 Å². The maximum absolute atomic E-state index is 12.8. The van der Waals surface area contributed by atoms with Crippen LogP contribution in [0.4, 0.5) is 13.2 Å². The molecule has 7 heteroatoms. The molecular formula is C15H20F3NO3. The molecule has 1 amide bonds. The first-order valence-corrected chi connectivity index (χ1v) is 7.31. The number of nitrogens with one attached hydrogen (secondary N) is 1. The highest BCUT2D eigenvalue weighted by Gasteiger charge is 2.43. The molecule has 3 unspecified atom stereocenters. The van der Waals surface area contributed by atoms with Crippen LogP contribution in [-0.4, -0.2) is 23.7 Å². The zero-order chi connectivity index (χ0) is 16.4. The van der Waals surface area contributed by atoms with E-state index in [0.717, 1.165) is 0 Å². The van der Waals surface area contributed by atoms with Crippen molar-refractivity contribution in [3.05, 3.63) is 24.2 Å². The zero-order valence-electron chi connectivity index (χ0n) is 12.3. The highest BCUT2D eigenvalue weighted by atomic mass is 19.4. The monoisotopic (exact) mass is 319 g/mol. The number of amides is 1. The minimum absolute atomic E-state index is 0.0807. The van der Waals surface area contributed by atoms with E-state index in [0.29, 0.717) is 18.6 Å². The SMILES string of the molecule is CC(O)(CNC(=O)C1CCCC(C(F)(F)F)C1)c1ccco1. The molecule has 2 N–H and O–H groups in total. The Bertz CT molecular complexity index is 497. The Morgan fingerprint density at radius 3 is 2.77 bits per heavy atom. The summed E-state index contributed by atoms with van der Waals surface area (Å²) in [7, 11) is 0. The number of rotatable bonds is 4. The third kappa shape index (κ3) is 4.03. The third-order valence-corrected chi connectivity index (χ3v) is 4.17. The van der Waals surface area contributed by atoms with E-state index in [9.17, 15) is 23.1 Å². The number of hydrogen-bond acceptors (Lipinski definition) is 3. The minimum Gasteiger partial charge on any atom is -0.466 e. The first-order valence-electron chi connectivity index (χ1n) is 7.31. The van der Waals surface area contributed by atoms with Gasteiger partial charge in [-0.15, -0.1) is 0 Å². The van der Waals surface area contributed by atoms with Crippen LogP contribution in [-0.2, 0) is 10.4 Å². The number of carbonyl (C=O) groups excluding carboxylic acids is 1. The summed E-state index contributed by atoms with van der Waals surface area (Å²) >= 11 is 0. The van der Waals surface area contributed by atoms with Crippen LogP contribution in [0.5, 0.6) is 0 Å². The lowest BCUT2D eigenvalue weighted by atomic mass is 9.80. The van der Waals surface area contributed by atoms with Crippen molar-refractivity contribution >= 4 is 5.91 Å². The first kappa shape index (κ1) is 16.9. The van der Waals surface area contributed by atoms with Gasteiger partial charge in [-0.1, -0.05) is 6.42 Å². The second kappa shape index (κ2) is 6.32. The van der Waals surface area contributed by atoms with Gasteiger partial charge >= 0.3 is 6.18 Å². The summed E-state index contributed by atoms with van der Waals surface area (Å²) < 4.78 is 43.4. The molecule has 3 atom stereocenters. The van der Waals surface area contributed by atoms with E-state index in [-0.39, 0.29) is 19.4 Å². The Hall–Kier alpha value is -1.50. The lowest BCUT2D eigenvalue weighted by Gasteiger charge is -2.30. The predicted octanol–water partition coefficient (Wildman–Crippen LogP) is 2.97. The molecule has 1 fully saturated rings. The molecule has 22 heavy (non-hydrogen) atoms. The number of alkyl halides is 3. The molecule has 0 aromatic carbocycles. The largest absolute Gasteiger partial charge is 0.466 e. The molecule has 1 aliphatic rings. The Kier molecular flexibility index (Phi) is 4.84. The van der Waals surface area contributed by atoms with Crippen LogP contribution in [0.3, 0.4) is 0 Å². The number of carbonyl (C=O) groups is 1. The van der Waals surface area contributed by atoms with Crippen molar-refractivity contribution in [2.24, 2.45) is 11.8 Å². The number of furan rings is 1. The normalized spacial score (nSPS) is 25.5. The molecule has 0 bridgehead atoms. The Balaban J connectivity index is 1.89. The molecule has 0 spiro atoms. The van der Waals surface area contributed by atoms with E-state index in [1.165, 1.54) is 13.2 Å². The lowest BCUT2D eigenvalue weighted by molar-refractivity contribution is -0.186. The summed E-state index contributed by atoms with van der Waals surface area (Å²) in [5, 5.41) is 12.8. The summed E-state index contributed by atoms with van der Waals surface area (Å²) in [6.07, 6.45) is -2.12. The number of halogens is 3. The molecule has 0 aliphatic heterocycles. The van der Waals surface area contributed by atoms with Crippen molar-refractivity contribution in [1.29, 1.82) is 0 Å². The van der Waals surface area contributed by atoms with Crippen molar-refractivity contribution in [1.82, 2.24) is 5.32 Å². The van der Waals surface area contributed by atoms with E-state index in [2.05, 4.69) is 5.32 Å². The van der Waals surface area contributed by atoms with Gasteiger partial charge in [0.05, 0.1) is 18.7 Å². The second-order valence-corrected chi connectivity index (χ2v) is 6.07. The molecular weight excluding hydrogens is 299 g/mol. The van der Waals surface area contributed by atoms with Crippen LogP contribution in [0, 0.1) is 11.8 Å². The molecule has 1 aromatic rings. The summed E-state index contributed by atoms with van der Waals surface area (Å²) in [6.45, 7) is 1.37. The Morgan fingerprint density at radius 2 is 2.18 bits per heavy atom. The highest BCUT2D eigenvalue weighted by Crippen LogP contribution is 2.40. The van der Waals surface area contributed by atoms with E-state index >= 15 is 0 Å². The maximum atomic E-state index is 12.8. The van der Waals surface area contributed by atoms with Gasteiger partial charge < -0.3 is 14.8 Å². The van der Waals surface area contributed by atoms with Crippen LogP contribution in [0.1, 0.15) is 38.4 Å². The standard InChI is InChI=1S/C15H20F3NO3/c1-14(21,12-6-3-7-22-12)9-19-13(20)10-4-2-5-11(8-10)15(16,17)18/h3,6-7,10-11,21H,2,4-5,8-9H2,1H3,(H,19,20). The number of hydrogen-bond donors (Lipinski definition) is 2. The minimum atomic E-state index is -4.25. The van der Waals surface area contributed by atoms with E-state index in [4.69, 9.17) is 4.42 Å². The van der Waals surface area contributed by atoms with Crippen LogP contribution in [0.15, 0.2) is 22.8 Å². The molecule has 1 heterocycles. The average molecular weight is 319 g/mol. The van der Waals surface area contributed by atoms with Gasteiger partial charge in [0.15, 0.2) is 0 Å². The molecule has 1 aliphatic carbocycles. The quantitative estimate of drug-likeness (QED) is 0.897. The fourth-order valence-electron chi connectivity index (χ4n) is 2.80. The second-order valence-electron chi connectivity index (χ2n) is 6.07. The van der Waals surface area contributed by atoms with Gasteiger partial charge in [-0.25, -0.2) is 0 Å². The van der Waals surface area contributed by atoms with Gasteiger partial charge in [-0.05, 0) is 38.3 Å². The summed E-state index contributed by atoms with van der Waals surface area (Å²) in [6, 6.07) is 3.19. The van der Waals surface area contributed by atoms with E-state index in [1.807, 2.05) is 0 Å². The third-order valence-electron chi connectivity index (χ3n) is 4.17. The fourth-order valence-corrected chi connectivity index (χ4v) is 2.80. The van der Waals surface area contributed by atoms with Gasteiger partial charge in [0.25, 0.3) is 0 Å². The molecule has 0 saturated heterocycles. The summed E-state index contributed by atoms with van der Waals surface area (Å²) in [5.74, 6) is -2.22. The summed E-state index contributed by atoms with van der Waals surface area (Å²) in [4.78, 5) is 12.1. The van der Waals surface area contributed by atoms with Crippen molar-refractivity contribution in [2.75, 3.05) is 6.54 Å². The van der Waals surface area contributed by atoms with Gasteiger partial charge in [0.2, 0.25) is 5.91 Å². The Labute approximate surface area is 126 Å². The van der Waals surface area contributed by atoms with Gasteiger partial charge in [0.1, 0.15) is 11.4 Å². The zero-order valence-corrected chi connectivity index (χ0v) is 12.3. The first-order chi connectivity index (χ1) is 10.2. The highest BCUT2D eigenvalue weighted by molar-refractivity contribution is 5.78. The van der Waals surface area contributed by atoms with Crippen LogP contribution >= 0.6 is 0 Å². The summed E-state index contributed by atoms with van der Waals surface area (Å²) in [5.41, 5.74) is -1.39. The van der Waals surface area contributed by atoms with Crippen LogP contribution in [0.25, 0.3) is 0 Å². The van der Waals surface area contributed by atoms with Gasteiger partial charge in [-0.2, -0.15) is 13.2 Å². The van der Waals surface area contributed by atoms with Gasteiger partial charge in [-0.3, -0.25) is 4.79 Å². The molecule has 1 saturated carbocycles. The lowest BCUT2D eigenvalue weighted by Crippen LogP contribution is -2.43. The van der Waals surface area contributed by atoms with Crippen molar-refractivity contribution < 1.29 is 27.5 Å². The molecule has 2 rings (SSSR count). The smallest absolute Gasteiger partial charge is 0.391 e. The van der Waals surface area contributed by atoms with E-state index in [1.54, 1.807) is 12.1 Å². The molecule has 0 radical (unpaired) electrons. The van der Waals surface area contributed by atoms with Crippen LogP contribution < -0.4 is 5.32 Å². The predicted molar refractivity (Wildman–Crippen MR) is 72.8 cm³/mol. The van der Waals surface area contributed by atoms with Gasteiger partial charge in [0, 0.05) is 5.92 Å². The molecule has 4 nitrogen and oxygen atoms in total. The topological polar surface area (TPSA) is 62.5 Å². The molecule has 124 valence electrons. The average Bonchev–Trinajstić information content (AvgIpc) is 2.99. The van der Waals surface area contributed by atoms with Crippen molar-refractivity contribution in [3.63, 3.8) is 0 Å². The van der Waals surface area contributed by atoms with E-state index < -0.39 is 29.5 Å². The fraction of sp³-hybridized carbons (Fsp3) is 0.667. The van der Waals surface area contributed by atoms with Crippen molar-refractivity contribution in [2.45, 2.75) is 44.4 Å². The molecule has 1 aromatic heterocycles.